The van der Waals surface area contributed by atoms with Crippen LogP contribution in [0, 0.1) is 6.07 Å². The van der Waals surface area contributed by atoms with Crippen molar-refractivity contribution in [3.63, 3.8) is 0 Å². The summed E-state index contributed by atoms with van der Waals surface area (Å²) in [5.74, 6) is 0.631. The smallest absolute Gasteiger partial charge is 0.221 e. The predicted molar refractivity (Wildman–Crippen MR) is 71.6 cm³/mol. The molecule has 0 aromatic heterocycles. The standard InChI is InChI=1S/C15H14NO2/c1-11(17)16-13-8-9-14(15(10-13)18-2)12-6-4-3-5-7-12/h4-10H,1-2H3,(H,16,17). The molecule has 2 rings (SSSR count). The van der Waals surface area contributed by atoms with Crippen LogP contribution in [0.1, 0.15) is 6.92 Å². The normalized spacial score (nSPS) is 9.89. The average Bonchev–Trinajstić information content (AvgIpc) is 2.39. The average molecular weight is 240 g/mol. The third-order valence-corrected chi connectivity index (χ3v) is 2.55. The maximum Gasteiger partial charge on any atom is 0.221 e. The summed E-state index contributed by atoms with van der Waals surface area (Å²) in [6.45, 7) is 1.48. The van der Waals surface area contributed by atoms with Gasteiger partial charge in [0.05, 0.1) is 7.11 Å². The van der Waals surface area contributed by atoms with Gasteiger partial charge in [-0.1, -0.05) is 24.3 Å². The van der Waals surface area contributed by atoms with Crippen LogP contribution in [-0.4, -0.2) is 13.0 Å². The Bertz CT molecular complexity index is 550. The first-order valence-electron chi connectivity index (χ1n) is 5.63. The van der Waals surface area contributed by atoms with E-state index in [9.17, 15) is 4.79 Å². The summed E-state index contributed by atoms with van der Waals surface area (Å²) >= 11 is 0. The number of carbonyl (C=O) groups excluding carboxylic acids is 1. The first kappa shape index (κ1) is 12.2. The Morgan fingerprint density at radius 2 is 1.94 bits per heavy atom. The van der Waals surface area contributed by atoms with E-state index in [-0.39, 0.29) is 5.91 Å². The van der Waals surface area contributed by atoms with Crippen molar-refractivity contribution in [2.24, 2.45) is 0 Å². The van der Waals surface area contributed by atoms with Gasteiger partial charge < -0.3 is 10.1 Å². The highest BCUT2D eigenvalue weighted by Crippen LogP contribution is 2.32. The van der Waals surface area contributed by atoms with Crippen LogP contribution < -0.4 is 10.1 Å². The molecule has 0 spiro atoms. The fraction of sp³-hybridized carbons (Fsp3) is 0.133. The Morgan fingerprint density at radius 1 is 1.22 bits per heavy atom. The van der Waals surface area contributed by atoms with Gasteiger partial charge in [-0.2, -0.15) is 0 Å². The minimum absolute atomic E-state index is 0.0980. The number of amides is 1. The van der Waals surface area contributed by atoms with Gasteiger partial charge >= 0.3 is 0 Å². The van der Waals surface area contributed by atoms with E-state index in [1.165, 1.54) is 6.92 Å². The summed E-state index contributed by atoms with van der Waals surface area (Å²) in [5, 5.41) is 2.73. The lowest BCUT2D eigenvalue weighted by Crippen LogP contribution is -2.05. The zero-order valence-electron chi connectivity index (χ0n) is 10.4. The van der Waals surface area contributed by atoms with Gasteiger partial charge in [0.1, 0.15) is 5.75 Å². The first-order valence-corrected chi connectivity index (χ1v) is 5.63. The van der Waals surface area contributed by atoms with Crippen molar-refractivity contribution in [1.29, 1.82) is 0 Å². The van der Waals surface area contributed by atoms with Crippen molar-refractivity contribution in [3.05, 3.63) is 48.5 Å². The maximum atomic E-state index is 11.0. The first-order chi connectivity index (χ1) is 8.70. The van der Waals surface area contributed by atoms with Crippen molar-refractivity contribution < 1.29 is 9.53 Å². The van der Waals surface area contributed by atoms with Gasteiger partial charge in [-0.15, -0.1) is 0 Å². The van der Waals surface area contributed by atoms with Gasteiger partial charge in [-0.05, 0) is 23.8 Å². The van der Waals surface area contributed by atoms with Crippen LogP contribution in [0.3, 0.4) is 0 Å². The fourth-order valence-electron chi connectivity index (χ4n) is 1.78. The number of ether oxygens (including phenoxy) is 1. The Morgan fingerprint density at radius 3 is 2.56 bits per heavy atom. The third kappa shape index (κ3) is 2.69. The van der Waals surface area contributed by atoms with E-state index in [0.717, 1.165) is 22.6 Å². The van der Waals surface area contributed by atoms with Crippen molar-refractivity contribution in [2.45, 2.75) is 6.92 Å². The molecule has 2 aromatic rings. The number of methoxy groups -OCH3 is 1. The molecule has 0 aliphatic rings. The molecule has 3 heteroatoms. The largest absolute Gasteiger partial charge is 0.496 e. The molecule has 0 aliphatic heterocycles. The molecule has 0 fully saturated rings. The molecule has 0 aliphatic carbocycles. The highest BCUT2D eigenvalue weighted by atomic mass is 16.5. The van der Waals surface area contributed by atoms with Gasteiger partial charge in [0.25, 0.3) is 0 Å². The number of rotatable bonds is 3. The summed E-state index contributed by atoms with van der Waals surface area (Å²) in [6.07, 6.45) is 0. The second-order valence-electron chi connectivity index (χ2n) is 3.88. The Balaban J connectivity index is 2.41. The molecule has 0 heterocycles. The van der Waals surface area contributed by atoms with Crippen molar-refractivity contribution in [3.8, 4) is 16.9 Å². The van der Waals surface area contributed by atoms with E-state index in [2.05, 4.69) is 11.4 Å². The topological polar surface area (TPSA) is 38.3 Å². The monoisotopic (exact) mass is 240 g/mol. The summed E-state index contributed by atoms with van der Waals surface area (Å²) in [5.41, 5.74) is 2.77. The highest BCUT2D eigenvalue weighted by Gasteiger charge is 2.07. The van der Waals surface area contributed by atoms with Crippen LogP contribution in [0.5, 0.6) is 5.75 Å². The van der Waals surface area contributed by atoms with E-state index < -0.39 is 0 Å². The van der Waals surface area contributed by atoms with E-state index in [4.69, 9.17) is 4.74 Å². The summed E-state index contributed by atoms with van der Waals surface area (Å²) in [6, 6.07) is 16.2. The van der Waals surface area contributed by atoms with Gasteiger partial charge in [0.15, 0.2) is 0 Å². The maximum absolute atomic E-state index is 11.0. The zero-order chi connectivity index (χ0) is 13.0. The number of carbonyl (C=O) groups is 1. The van der Waals surface area contributed by atoms with Crippen LogP contribution in [0.4, 0.5) is 5.69 Å². The molecule has 0 unspecified atom stereocenters. The SMILES string of the molecule is COc1cc(NC(C)=O)ccc1-c1cc[c]cc1. The van der Waals surface area contributed by atoms with Crippen LogP contribution in [0.2, 0.25) is 0 Å². The summed E-state index contributed by atoms with van der Waals surface area (Å²) in [4.78, 5) is 11.0. The minimum atomic E-state index is -0.0980. The van der Waals surface area contributed by atoms with Crippen molar-refractivity contribution >= 4 is 11.6 Å². The number of hydrogen-bond acceptors (Lipinski definition) is 2. The Labute approximate surface area is 106 Å². The van der Waals surface area contributed by atoms with Gasteiger partial charge in [0, 0.05) is 24.2 Å². The molecule has 0 bridgehead atoms. The fourth-order valence-corrected chi connectivity index (χ4v) is 1.78. The quantitative estimate of drug-likeness (QED) is 0.895. The van der Waals surface area contributed by atoms with E-state index in [0.29, 0.717) is 0 Å². The van der Waals surface area contributed by atoms with Crippen LogP contribution in [0.25, 0.3) is 11.1 Å². The van der Waals surface area contributed by atoms with E-state index in [1.54, 1.807) is 7.11 Å². The predicted octanol–water partition coefficient (Wildman–Crippen LogP) is 3.12. The van der Waals surface area contributed by atoms with E-state index >= 15 is 0 Å². The second-order valence-corrected chi connectivity index (χ2v) is 3.88. The minimum Gasteiger partial charge on any atom is -0.496 e. The molecule has 0 saturated carbocycles. The molecule has 1 amide bonds. The molecular formula is C15H14NO2. The lowest BCUT2D eigenvalue weighted by molar-refractivity contribution is -0.114. The molecule has 3 nitrogen and oxygen atoms in total. The number of nitrogens with one attached hydrogen (secondary N) is 1. The van der Waals surface area contributed by atoms with Crippen LogP contribution >= 0.6 is 0 Å². The molecule has 2 aromatic carbocycles. The highest BCUT2D eigenvalue weighted by molar-refractivity contribution is 5.89. The number of hydrogen-bond donors (Lipinski definition) is 1. The third-order valence-electron chi connectivity index (χ3n) is 2.55. The summed E-state index contributed by atoms with van der Waals surface area (Å²) < 4.78 is 5.36. The van der Waals surface area contributed by atoms with Gasteiger partial charge in [-0.3, -0.25) is 4.79 Å². The zero-order valence-corrected chi connectivity index (χ0v) is 10.4. The van der Waals surface area contributed by atoms with Crippen molar-refractivity contribution in [1.82, 2.24) is 0 Å². The van der Waals surface area contributed by atoms with Gasteiger partial charge in [0.2, 0.25) is 5.91 Å². The Kier molecular flexibility index (Phi) is 3.63. The number of anilines is 1. The van der Waals surface area contributed by atoms with Crippen LogP contribution in [-0.2, 0) is 4.79 Å². The number of benzene rings is 2. The lowest BCUT2D eigenvalue weighted by Gasteiger charge is -2.11. The van der Waals surface area contributed by atoms with Crippen LogP contribution in [0.15, 0.2) is 42.5 Å². The van der Waals surface area contributed by atoms with E-state index in [1.807, 2.05) is 42.5 Å². The molecule has 1 radical (unpaired) electrons. The lowest BCUT2D eigenvalue weighted by atomic mass is 10.0. The molecule has 91 valence electrons. The molecular weight excluding hydrogens is 226 g/mol. The van der Waals surface area contributed by atoms with Gasteiger partial charge in [-0.25, -0.2) is 0 Å². The molecule has 18 heavy (non-hydrogen) atoms. The molecule has 0 atom stereocenters. The summed E-state index contributed by atoms with van der Waals surface area (Å²) in [7, 11) is 1.62. The van der Waals surface area contributed by atoms with Crippen molar-refractivity contribution in [2.75, 3.05) is 12.4 Å². The molecule has 0 saturated heterocycles. The Hall–Kier alpha value is -2.29. The second kappa shape index (κ2) is 5.36. The molecule has 1 N–H and O–H groups in total.